The molecule has 0 saturated carbocycles. The molecule has 2 rings (SSSR count). The van der Waals surface area contributed by atoms with E-state index >= 15 is 0 Å². The summed E-state index contributed by atoms with van der Waals surface area (Å²) in [5.41, 5.74) is 3.47. The Morgan fingerprint density at radius 1 is 0.833 bits per heavy atom. The van der Waals surface area contributed by atoms with E-state index in [1.54, 1.807) is 12.1 Å². The normalized spacial score (nSPS) is 9.44. The van der Waals surface area contributed by atoms with Crippen LogP contribution in [0.4, 0.5) is 11.4 Å². The molecule has 0 atom stereocenters. The fourth-order valence-electron chi connectivity index (χ4n) is 1.72. The second-order valence-electron chi connectivity index (χ2n) is 4.01. The van der Waals surface area contributed by atoms with Gasteiger partial charge in [0.15, 0.2) is 5.43 Å². The second-order valence-corrected chi connectivity index (χ2v) is 4.01. The first-order valence-corrected chi connectivity index (χ1v) is 5.56. The van der Waals surface area contributed by atoms with Crippen LogP contribution in [0.5, 0.6) is 0 Å². The van der Waals surface area contributed by atoms with Crippen molar-refractivity contribution in [3.05, 3.63) is 75.2 Å². The zero-order valence-corrected chi connectivity index (χ0v) is 13.0. The van der Waals surface area contributed by atoms with Crippen molar-refractivity contribution in [3.8, 4) is 0 Å². The Kier molecular flexibility index (Phi) is 5.60. The van der Waals surface area contributed by atoms with Crippen LogP contribution < -0.4 is 35.0 Å². The van der Waals surface area contributed by atoms with E-state index in [0.717, 1.165) is 16.8 Å². The van der Waals surface area contributed by atoms with E-state index in [4.69, 9.17) is 0 Å². The van der Waals surface area contributed by atoms with Gasteiger partial charge in [0, 0.05) is 0 Å². The average Bonchev–Trinajstić information content (AvgIpc) is 2.49. The monoisotopic (exact) mass is 247 g/mol. The number of para-hydroxylation sites is 1. The summed E-state index contributed by atoms with van der Waals surface area (Å²) < 4.78 is 0. The molecular weight excluding hydrogens is 233 g/mol. The summed E-state index contributed by atoms with van der Waals surface area (Å²) in [5, 5.41) is 4.47. The Morgan fingerprint density at radius 2 is 1.44 bits per heavy atom. The maximum atomic E-state index is 11.8. The first-order chi connectivity index (χ1) is 8.18. The SMILES string of the molecule is Cc1cccc(C)c1[N-]c1cccccc1=O.[Na+]. The summed E-state index contributed by atoms with van der Waals surface area (Å²) in [6, 6.07) is 14.6. The maximum absolute atomic E-state index is 11.8. The Bertz CT molecular complexity index is 576. The molecule has 2 aromatic carbocycles. The summed E-state index contributed by atoms with van der Waals surface area (Å²) in [7, 11) is 0. The van der Waals surface area contributed by atoms with Crippen molar-refractivity contribution >= 4 is 11.4 Å². The van der Waals surface area contributed by atoms with Crippen molar-refractivity contribution in [2.75, 3.05) is 0 Å². The minimum Gasteiger partial charge on any atom is -0.654 e. The molecule has 2 nitrogen and oxygen atoms in total. The Labute approximate surface area is 129 Å². The number of rotatable bonds is 2. The van der Waals surface area contributed by atoms with E-state index in [1.807, 2.05) is 44.2 Å². The molecule has 0 radical (unpaired) electrons. The van der Waals surface area contributed by atoms with Gasteiger partial charge >= 0.3 is 29.6 Å². The molecule has 0 N–H and O–H groups in total. The molecule has 0 spiro atoms. The van der Waals surface area contributed by atoms with Gasteiger partial charge in [-0.3, -0.25) is 4.79 Å². The van der Waals surface area contributed by atoms with Gasteiger partial charge in [-0.1, -0.05) is 59.3 Å². The van der Waals surface area contributed by atoms with Gasteiger partial charge < -0.3 is 5.32 Å². The van der Waals surface area contributed by atoms with Gasteiger partial charge in [-0.25, -0.2) is 0 Å². The van der Waals surface area contributed by atoms with E-state index in [1.165, 1.54) is 6.07 Å². The molecule has 0 saturated heterocycles. The van der Waals surface area contributed by atoms with Gasteiger partial charge in [0.2, 0.25) is 0 Å². The zero-order chi connectivity index (χ0) is 12.3. The minimum atomic E-state index is -0.0577. The molecule has 18 heavy (non-hydrogen) atoms. The van der Waals surface area contributed by atoms with Crippen molar-refractivity contribution in [1.82, 2.24) is 0 Å². The van der Waals surface area contributed by atoms with E-state index in [-0.39, 0.29) is 35.0 Å². The van der Waals surface area contributed by atoms with Crippen LogP contribution in [0, 0.1) is 13.8 Å². The Hall–Kier alpha value is -1.09. The first kappa shape index (κ1) is 15.0. The number of hydrogen-bond donors (Lipinski definition) is 0. The summed E-state index contributed by atoms with van der Waals surface area (Å²) in [6.45, 7) is 4.00. The van der Waals surface area contributed by atoms with Crippen LogP contribution in [0.25, 0.3) is 5.32 Å². The van der Waals surface area contributed by atoms with Crippen LogP contribution in [0.1, 0.15) is 11.1 Å². The van der Waals surface area contributed by atoms with Crippen LogP contribution in [0.15, 0.2) is 53.3 Å². The van der Waals surface area contributed by atoms with Gasteiger partial charge in [0.1, 0.15) is 0 Å². The van der Waals surface area contributed by atoms with Gasteiger partial charge in [-0.2, -0.15) is 0 Å². The van der Waals surface area contributed by atoms with Gasteiger partial charge in [-0.15, -0.1) is 5.69 Å². The maximum Gasteiger partial charge on any atom is 1.00 e. The molecule has 0 fully saturated rings. The van der Waals surface area contributed by atoms with Crippen LogP contribution in [0.2, 0.25) is 0 Å². The molecule has 3 heteroatoms. The van der Waals surface area contributed by atoms with Crippen molar-refractivity contribution in [2.45, 2.75) is 13.8 Å². The third-order valence-electron chi connectivity index (χ3n) is 2.65. The molecule has 0 heterocycles. The summed E-state index contributed by atoms with van der Waals surface area (Å²) in [5.74, 6) is 0. The summed E-state index contributed by atoms with van der Waals surface area (Å²) in [4.78, 5) is 11.8. The van der Waals surface area contributed by atoms with Crippen LogP contribution in [-0.2, 0) is 0 Å². The molecule has 0 aliphatic rings. The van der Waals surface area contributed by atoms with Gasteiger partial charge in [0.05, 0.1) is 0 Å². The molecule has 0 unspecified atom stereocenters. The Balaban J connectivity index is 0.00000162. The van der Waals surface area contributed by atoms with Crippen molar-refractivity contribution < 1.29 is 29.6 Å². The molecule has 0 aliphatic heterocycles. The standard InChI is InChI=1S/C15H15NO.Na/c1-11-7-6-8-12(2)15(11)16-13-9-4-3-5-10-14(13)17;/h3-10H,1-2H3,(H,16,17);/q;+1/p-1. The van der Waals surface area contributed by atoms with Crippen molar-refractivity contribution in [2.24, 2.45) is 0 Å². The van der Waals surface area contributed by atoms with Crippen molar-refractivity contribution in [3.63, 3.8) is 0 Å². The van der Waals surface area contributed by atoms with E-state index in [9.17, 15) is 4.79 Å². The molecule has 2 aromatic rings. The fourth-order valence-corrected chi connectivity index (χ4v) is 1.72. The van der Waals surface area contributed by atoms with Crippen molar-refractivity contribution in [1.29, 1.82) is 0 Å². The quantitative estimate of drug-likeness (QED) is 0.728. The number of nitrogens with zero attached hydrogens (tertiary/aromatic N) is 1. The average molecular weight is 247 g/mol. The van der Waals surface area contributed by atoms with E-state index in [0.29, 0.717) is 5.69 Å². The predicted molar refractivity (Wildman–Crippen MR) is 71.3 cm³/mol. The topological polar surface area (TPSA) is 31.2 Å². The molecule has 0 aromatic heterocycles. The molecular formula is C15H14NNaO. The molecule has 0 bridgehead atoms. The number of aryl methyl sites for hydroxylation is 2. The smallest absolute Gasteiger partial charge is 0.654 e. The molecule has 0 amide bonds. The van der Waals surface area contributed by atoms with Crippen LogP contribution in [-0.4, -0.2) is 0 Å². The van der Waals surface area contributed by atoms with Gasteiger partial charge in [-0.05, 0) is 19.9 Å². The first-order valence-electron chi connectivity index (χ1n) is 5.56. The van der Waals surface area contributed by atoms with Crippen LogP contribution >= 0.6 is 0 Å². The summed E-state index contributed by atoms with van der Waals surface area (Å²) >= 11 is 0. The zero-order valence-electron chi connectivity index (χ0n) is 11.0. The van der Waals surface area contributed by atoms with E-state index in [2.05, 4.69) is 5.32 Å². The van der Waals surface area contributed by atoms with Gasteiger partial charge in [0.25, 0.3) is 0 Å². The largest absolute Gasteiger partial charge is 1.00 e. The fraction of sp³-hybridized carbons (Fsp3) is 0.133. The Morgan fingerprint density at radius 3 is 2.11 bits per heavy atom. The predicted octanol–water partition coefficient (Wildman–Crippen LogP) is 1.00. The minimum absolute atomic E-state index is 0. The third-order valence-corrected chi connectivity index (χ3v) is 2.65. The summed E-state index contributed by atoms with van der Waals surface area (Å²) in [6.07, 6.45) is 0. The molecule has 86 valence electrons. The third kappa shape index (κ3) is 3.45. The van der Waals surface area contributed by atoms with E-state index < -0.39 is 0 Å². The number of hydrogen-bond acceptors (Lipinski definition) is 1. The second kappa shape index (κ2) is 6.74. The molecule has 0 aliphatic carbocycles. The van der Waals surface area contributed by atoms with Crippen LogP contribution in [0.3, 0.4) is 0 Å². The number of benzene rings is 1.